The number of phenolic OH excluding ortho intramolecular Hbond substituents is 1. The fourth-order valence-corrected chi connectivity index (χ4v) is 8.32. The summed E-state index contributed by atoms with van der Waals surface area (Å²) in [5, 5.41) is 13.0. The Morgan fingerprint density at radius 1 is 0.880 bits per heavy atom. The maximum atomic E-state index is 15.3. The topological polar surface area (TPSA) is 119 Å². The lowest BCUT2D eigenvalue weighted by Crippen LogP contribution is -2.53. The first-order valence-corrected chi connectivity index (χ1v) is 16.7. The number of hydrogen-bond donors (Lipinski definition) is 2. The zero-order valence-corrected chi connectivity index (χ0v) is 27.4. The summed E-state index contributed by atoms with van der Waals surface area (Å²) in [5.41, 5.74) is 4.94. The van der Waals surface area contributed by atoms with Gasteiger partial charge in [-0.05, 0) is 60.7 Å². The third-order valence-corrected chi connectivity index (χ3v) is 10.5. The minimum atomic E-state index is -1.50. The van der Waals surface area contributed by atoms with E-state index < -0.39 is 46.5 Å². The third-order valence-electron chi connectivity index (χ3n) is 10.5. The lowest BCUT2D eigenvalue weighted by Gasteiger charge is -2.49. The molecule has 8 rings (SSSR count). The number of anilines is 1. The molecular weight excluding hydrogens is 630 g/mol. The molecule has 0 radical (unpaired) electrons. The maximum absolute atomic E-state index is 15.3. The van der Waals surface area contributed by atoms with Crippen molar-refractivity contribution in [2.24, 2.45) is 5.92 Å². The smallest absolute Gasteiger partial charge is 0.352 e. The lowest BCUT2D eigenvalue weighted by atomic mass is 9.53. The monoisotopic (exact) mass is 665 g/mol. The number of hydrazine groups is 1. The van der Waals surface area contributed by atoms with E-state index in [0.717, 1.165) is 15.1 Å². The van der Waals surface area contributed by atoms with E-state index in [9.17, 15) is 19.5 Å². The van der Waals surface area contributed by atoms with E-state index >= 15 is 4.79 Å². The second-order valence-electron chi connectivity index (χ2n) is 13.1. The second-order valence-corrected chi connectivity index (χ2v) is 13.1. The summed E-state index contributed by atoms with van der Waals surface area (Å²) in [7, 11) is 0. The van der Waals surface area contributed by atoms with Gasteiger partial charge < -0.3 is 5.11 Å². The molecule has 4 aromatic carbocycles. The molecule has 0 spiro atoms. The van der Waals surface area contributed by atoms with E-state index in [2.05, 4.69) is 12.0 Å². The SMILES string of the molecule is C=CCc1cccc([C@H]2C3=CCn4c(=O)n(-c5ccccc5)c(=O)n4[C@@H]3C[C@H]3C(=O)N(Nc4ccc(C)cc4)C(=O)[C@@]23c2ccccc2)c1O. The highest BCUT2D eigenvalue weighted by molar-refractivity contribution is 6.12. The minimum absolute atomic E-state index is 0.00429. The molecule has 2 amide bonds. The van der Waals surface area contributed by atoms with Gasteiger partial charge in [0.05, 0.1) is 35.3 Å². The highest BCUT2D eigenvalue weighted by Gasteiger charge is 2.69. The van der Waals surface area contributed by atoms with Gasteiger partial charge in [-0.3, -0.25) is 15.0 Å². The van der Waals surface area contributed by atoms with Crippen molar-refractivity contribution in [1.82, 2.24) is 18.9 Å². The summed E-state index contributed by atoms with van der Waals surface area (Å²) in [4.78, 5) is 58.2. The Bertz CT molecular complexity index is 2320. The number of carbonyl (C=O) groups excluding carboxylic acids is 2. The van der Waals surface area contributed by atoms with Crippen LogP contribution >= 0.6 is 0 Å². The normalized spacial score (nSPS) is 22.4. The summed E-state index contributed by atoms with van der Waals surface area (Å²) in [5.74, 6) is -2.78. The van der Waals surface area contributed by atoms with Gasteiger partial charge in [0.2, 0.25) is 0 Å². The van der Waals surface area contributed by atoms with Crippen molar-refractivity contribution in [3.05, 3.63) is 171 Å². The number of nitrogens with one attached hydrogen (secondary N) is 1. The quantitative estimate of drug-likeness (QED) is 0.183. The summed E-state index contributed by atoms with van der Waals surface area (Å²) in [6.07, 6.45) is 4.03. The molecule has 50 heavy (non-hydrogen) atoms. The molecule has 0 bridgehead atoms. The molecule has 250 valence electrons. The molecule has 10 nitrogen and oxygen atoms in total. The predicted octanol–water partition coefficient (Wildman–Crippen LogP) is 5.16. The molecule has 1 aromatic heterocycles. The summed E-state index contributed by atoms with van der Waals surface area (Å²) in [6, 6.07) is 30.0. The average Bonchev–Trinajstić information content (AvgIpc) is 3.52. The van der Waals surface area contributed by atoms with Gasteiger partial charge in [-0.15, -0.1) is 6.58 Å². The van der Waals surface area contributed by atoms with Gasteiger partial charge in [0.25, 0.3) is 11.8 Å². The largest absolute Gasteiger partial charge is 0.507 e. The number of imide groups is 1. The minimum Gasteiger partial charge on any atom is -0.507 e. The van der Waals surface area contributed by atoms with Crippen LogP contribution in [-0.4, -0.2) is 35.9 Å². The number of amides is 2. The first-order valence-electron chi connectivity index (χ1n) is 16.7. The third kappa shape index (κ3) is 4.41. The first-order chi connectivity index (χ1) is 24.3. The number of allylic oxidation sites excluding steroid dienone is 3. The molecule has 2 N–H and O–H groups in total. The zero-order chi connectivity index (χ0) is 34.7. The van der Waals surface area contributed by atoms with Crippen molar-refractivity contribution in [2.45, 2.75) is 43.7 Å². The van der Waals surface area contributed by atoms with Crippen molar-refractivity contribution in [3.63, 3.8) is 0 Å². The molecule has 3 heterocycles. The fraction of sp³-hybridized carbons (Fsp3) is 0.200. The van der Waals surface area contributed by atoms with Crippen LogP contribution < -0.4 is 16.8 Å². The van der Waals surface area contributed by atoms with Crippen molar-refractivity contribution in [3.8, 4) is 11.4 Å². The van der Waals surface area contributed by atoms with Crippen LogP contribution in [0, 0.1) is 12.8 Å². The molecule has 3 aliphatic rings. The molecule has 1 saturated heterocycles. The van der Waals surface area contributed by atoms with Gasteiger partial charge in [0.1, 0.15) is 5.75 Å². The molecular formula is C40H35N5O5. The van der Waals surface area contributed by atoms with Crippen molar-refractivity contribution >= 4 is 17.5 Å². The van der Waals surface area contributed by atoms with Crippen LogP contribution in [0.3, 0.4) is 0 Å². The fourth-order valence-electron chi connectivity index (χ4n) is 8.32. The molecule has 2 fully saturated rings. The average molecular weight is 666 g/mol. The van der Waals surface area contributed by atoms with Crippen molar-refractivity contribution < 1.29 is 14.7 Å². The van der Waals surface area contributed by atoms with Gasteiger partial charge >= 0.3 is 11.4 Å². The van der Waals surface area contributed by atoms with Crippen LogP contribution in [0.25, 0.3) is 5.69 Å². The van der Waals surface area contributed by atoms with E-state index in [0.29, 0.717) is 40.1 Å². The van der Waals surface area contributed by atoms with Crippen molar-refractivity contribution in [1.29, 1.82) is 0 Å². The van der Waals surface area contributed by atoms with E-state index in [4.69, 9.17) is 0 Å². The molecule has 1 aliphatic carbocycles. The number of rotatable bonds is 7. The van der Waals surface area contributed by atoms with Gasteiger partial charge in [-0.25, -0.2) is 23.5 Å². The van der Waals surface area contributed by atoms with Crippen LogP contribution in [0.15, 0.2) is 137 Å². The highest BCUT2D eigenvalue weighted by Crippen LogP contribution is 2.62. The second kappa shape index (κ2) is 11.8. The molecule has 2 aliphatic heterocycles. The van der Waals surface area contributed by atoms with E-state index in [1.807, 2.05) is 79.7 Å². The number of carbonyl (C=O) groups is 2. The number of para-hydroxylation sites is 2. The summed E-state index contributed by atoms with van der Waals surface area (Å²) >= 11 is 0. The highest BCUT2D eigenvalue weighted by atomic mass is 16.3. The maximum Gasteiger partial charge on any atom is 0.352 e. The molecule has 0 unspecified atom stereocenters. The number of aromatic nitrogens is 3. The Balaban J connectivity index is 1.39. The van der Waals surface area contributed by atoms with Gasteiger partial charge in [-0.1, -0.05) is 96.6 Å². The van der Waals surface area contributed by atoms with E-state index in [1.54, 1.807) is 42.5 Å². The van der Waals surface area contributed by atoms with Gasteiger partial charge in [0.15, 0.2) is 0 Å². The predicted molar refractivity (Wildman–Crippen MR) is 189 cm³/mol. The number of nitrogens with zero attached hydrogens (tertiary/aromatic N) is 4. The number of fused-ring (bicyclic) bond motifs is 4. The number of aryl methyl sites for hydroxylation is 1. The van der Waals surface area contributed by atoms with Gasteiger partial charge in [-0.2, -0.15) is 5.01 Å². The van der Waals surface area contributed by atoms with Crippen molar-refractivity contribution in [2.75, 3.05) is 5.43 Å². The van der Waals surface area contributed by atoms with Crippen LogP contribution in [0.1, 0.15) is 40.6 Å². The number of benzene rings is 4. The number of aromatic hydroxyl groups is 1. The van der Waals surface area contributed by atoms with E-state index in [1.165, 1.54) is 9.36 Å². The molecule has 10 heteroatoms. The van der Waals surface area contributed by atoms with Crippen LogP contribution in [-0.2, 0) is 28.0 Å². The Kier molecular flexibility index (Phi) is 7.32. The van der Waals surface area contributed by atoms with Crippen LogP contribution in [0.5, 0.6) is 5.75 Å². The number of hydrogen-bond acceptors (Lipinski definition) is 6. The van der Waals surface area contributed by atoms with Crippen LogP contribution in [0.2, 0.25) is 0 Å². The summed E-state index contributed by atoms with van der Waals surface area (Å²) in [6.45, 7) is 5.87. The zero-order valence-electron chi connectivity index (χ0n) is 27.4. The first kappa shape index (κ1) is 31.1. The standard InChI is InChI=1S/C40H35N5O5/c1-3-11-26-12-10-17-31(35(26)46)34-30-22-23-42-38(49)43(29-15-8-5-9-16-29)39(50)45(42)33(30)24-32-36(47)44(41-28-20-18-25(2)19-21-28)37(48)40(32,34)27-13-6-4-7-14-27/h3-10,12-22,32-34,41,46H,1,11,23-24H2,2H3/t32-,33+,34+,40+/m0/s1. The van der Waals surface area contributed by atoms with Gasteiger partial charge in [0, 0.05) is 11.5 Å². The Morgan fingerprint density at radius 2 is 1.58 bits per heavy atom. The Morgan fingerprint density at radius 3 is 2.28 bits per heavy atom. The molecule has 5 aromatic rings. The Labute approximate surface area is 287 Å². The lowest BCUT2D eigenvalue weighted by molar-refractivity contribution is -0.138. The molecule has 4 atom stereocenters. The van der Waals surface area contributed by atoms with Crippen LogP contribution in [0.4, 0.5) is 5.69 Å². The Hall–Kier alpha value is -6.16. The summed E-state index contributed by atoms with van der Waals surface area (Å²) < 4.78 is 3.97. The number of phenols is 1. The molecule has 1 saturated carbocycles. The van der Waals surface area contributed by atoms with E-state index in [-0.39, 0.29) is 18.7 Å².